The fraction of sp³-hybridized carbons (Fsp3) is 0.632. The molecule has 0 radical (unpaired) electrons. The van der Waals surface area contributed by atoms with Crippen molar-refractivity contribution in [1.82, 2.24) is 4.90 Å². The minimum atomic E-state index is 0.253. The molecule has 1 fully saturated rings. The highest BCUT2D eigenvalue weighted by Crippen LogP contribution is 2.28. The number of nitrogens with two attached hydrogens (primary N) is 1. The second kappa shape index (κ2) is 8.80. The summed E-state index contributed by atoms with van der Waals surface area (Å²) in [7, 11) is 0. The lowest BCUT2D eigenvalue weighted by molar-refractivity contribution is -0.131. The molecule has 4 nitrogen and oxygen atoms in total. The fourth-order valence-electron chi connectivity index (χ4n) is 3.22. The number of anilines is 2. The smallest absolute Gasteiger partial charge is 0.222 e. The van der Waals surface area contributed by atoms with Crippen LogP contribution in [0.4, 0.5) is 11.4 Å². The molecule has 4 heteroatoms. The van der Waals surface area contributed by atoms with E-state index in [-0.39, 0.29) is 5.91 Å². The van der Waals surface area contributed by atoms with Gasteiger partial charge >= 0.3 is 0 Å². The van der Waals surface area contributed by atoms with Gasteiger partial charge in [-0.2, -0.15) is 0 Å². The van der Waals surface area contributed by atoms with Crippen molar-refractivity contribution in [3.05, 3.63) is 23.8 Å². The Balaban J connectivity index is 1.90. The van der Waals surface area contributed by atoms with Gasteiger partial charge in [0.25, 0.3) is 0 Å². The Hall–Kier alpha value is -1.71. The van der Waals surface area contributed by atoms with E-state index in [1.807, 2.05) is 11.0 Å². The van der Waals surface area contributed by atoms with E-state index in [1.54, 1.807) is 0 Å². The third kappa shape index (κ3) is 4.88. The molecule has 0 atom stereocenters. The van der Waals surface area contributed by atoms with E-state index >= 15 is 0 Å². The molecule has 1 aromatic rings. The molecule has 0 unspecified atom stereocenters. The molecule has 0 bridgehead atoms. The van der Waals surface area contributed by atoms with Crippen molar-refractivity contribution in [2.24, 2.45) is 0 Å². The number of hydrogen-bond acceptors (Lipinski definition) is 3. The lowest BCUT2D eigenvalue weighted by Gasteiger charge is -2.21. The average Bonchev–Trinajstić information content (AvgIpc) is 3.08. The van der Waals surface area contributed by atoms with Gasteiger partial charge in [-0.05, 0) is 50.3 Å². The summed E-state index contributed by atoms with van der Waals surface area (Å²) in [5.74, 6) is 0.253. The van der Waals surface area contributed by atoms with Crippen molar-refractivity contribution in [2.75, 3.05) is 36.8 Å². The minimum Gasteiger partial charge on any atom is -0.397 e. The topological polar surface area (TPSA) is 49.6 Å². The normalized spacial score (nSPS) is 14.3. The minimum absolute atomic E-state index is 0.253. The molecule has 0 aliphatic carbocycles. The van der Waals surface area contributed by atoms with Crippen molar-refractivity contribution in [1.29, 1.82) is 0 Å². The Morgan fingerprint density at radius 2 is 2.00 bits per heavy atom. The van der Waals surface area contributed by atoms with Gasteiger partial charge in [0.05, 0.1) is 11.4 Å². The second-order valence-corrected chi connectivity index (χ2v) is 6.41. The van der Waals surface area contributed by atoms with E-state index in [0.717, 1.165) is 62.4 Å². The van der Waals surface area contributed by atoms with Crippen LogP contribution < -0.4 is 10.6 Å². The van der Waals surface area contributed by atoms with Crippen LogP contribution in [0.5, 0.6) is 0 Å². The summed E-state index contributed by atoms with van der Waals surface area (Å²) < 4.78 is 0. The number of nitrogens with zero attached hydrogens (tertiary/aromatic N) is 2. The number of unbranched alkanes of at least 4 members (excludes halogenated alkanes) is 1. The Bertz CT molecular complexity index is 509. The van der Waals surface area contributed by atoms with E-state index in [4.69, 9.17) is 5.73 Å². The van der Waals surface area contributed by atoms with Gasteiger partial charge in [-0.3, -0.25) is 4.79 Å². The van der Waals surface area contributed by atoms with Crippen molar-refractivity contribution >= 4 is 17.3 Å². The maximum absolute atomic E-state index is 12.3. The monoisotopic (exact) mass is 317 g/mol. The Morgan fingerprint density at radius 1 is 1.26 bits per heavy atom. The SMILES string of the molecule is CCCCN(CC)C(=O)CCc1ccc(N2CCCC2)c(N)c1. The molecule has 2 rings (SSSR count). The zero-order valence-corrected chi connectivity index (χ0v) is 14.7. The summed E-state index contributed by atoms with van der Waals surface area (Å²) in [6, 6.07) is 6.29. The van der Waals surface area contributed by atoms with Crippen LogP contribution in [0.3, 0.4) is 0 Å². The highest BCUT2D eigenvalue weighted by molar-refractivity contribution is 5.76. The number of aryl methyl sites for hydroxylation is 1. The molecule has 0 spiro atoms. The molecule has 1 saturated heterocycles. The number of rotatable bonds is 8. The molecular weight excluding hydrogens is 286 g/mol. The van der Waals surface area contributed by atoms with Crippen LogP contribution in [0.2, 0.25) is 0 Å². The van der Waals surface area contributed by atoms with Crippen LogP contribution in [0.25, 0.3) is 0 Å². The lowest BCUT2D eigenvalue weighted by atomic mass is 10.1. The van der Waals surface area contributed by atoms with Crippen molar-refractivity contribution in [3.8, 4) is 0 Å². The first-order chi connectivity index (χ1) is 11.2. The zero-order valence-electron chi connectivity index (χ0n) is 14.7. The molecule has 1 amide bonds. The Labute approximate surface area is 140 Å². The molecule has 1 heterocycles. The highest BCUT2D eigenvalue weighted by atomic mass is 16.2. The summed E-state index contributed by atoms with van der Waals surface area (Å²) in [4.78, 5) is 16.6. The molecule has 1 aromatic carbocycles. The zero-order chi connectivity index (χ0) is 16.7. The van der Waals surface area contributed by atoms with E-state index in [2.05, 4.69) is 30.9 Å². The van der Waals surface area contributed by atoms with Crippen molar-refractivity contribution < 1.29 is 4.79 Å². The predicted octanol–water partition coefficient (Wildman–Crippen LogP) is 3.45. The van der Waals surface area contributed by atoms with Gasteiger partial charge in [-0.25, -0.2) is 0 Å². The van der Waals surface area contributed by atoms with E-state index in [9.17, 15) is 4.79 Å². The molecule has 0 aromatic heterocycles. The van der Waals surface area contributed by atoms with Gasteiger partial charge < -0.3 is 15.5 Å². The van der Waals surface area contributed by atoms with Gasteiger partial charge in [0, 0.05) is 32.6 Å². The van der Waals surface area contributed by atoms with Gasteiger partial charge in [-0.15, -0.1) is 0 Å². The van der Waals surface area contributed by atoms with Crippen LogP contribution in [-0.4, -0.2) is 37.0 Å². The van der Waals surface area contributed by atoms with Crippen molar-refractivity contribution in [3.63, 3.8) is 0 Å². The Kier molecular flexibility index (Phi) is 6.75. The molecule has 128 valence electrons. The maximum Gasteiger partial charge on any atom is 0.222 e. The van der Waals surface area contributed by atoms with Gasteiger partial charge in [0.1, 0.15) is 0 Å². The second-order valence-electron chi connectivity index (χ2n) is 6.41. The van der Waals surface area contributed by atoms with Crippen LogP contribution in [0.15, 0.2) is 18.2 Å². The number of carbonyl (C=O) groups is 1. The molecule has 2 N–H and O–H groups in total. The predicted molar refractivity (Wildman–Crippen MR) is 97.8 cm³/mol. The van der Waals surface area contributed by atoms with Gasteiger partial charge in [-0.1, -0.05) is 19.4 Å². The molecular formula is C19H31N3O. The molecule has 0 saturated carbocycles. The average molecular weight is 317 g/mol. The number of benzene rings is 1. The summed E-state index contributed by atoms with van der Waals surface area (Å²) in [6.07, 6.45) is 6.04. The van der Waals surface area contributed by atoms with E-state index in [1.165, 1.54) is 12.8 Å². The largest absolute Gasteiger partial charge is 0.397 e. The first-order valence-corrected chi connectivity index (χ1v) is 9.06. The van der Waals surface area contributed by atoms with Crippen LogP contribution >= 0.6 is 0 Å². The number of nitrogen functional groups attached to an aromatic ring is 1. The summed E-state index contributed by atoms with van der Waals surface area (Å²) in [5, 5.41) is 0. The van der Waals surface area contributed by atoms with Crippen LogP contribution in [0.1, 0.15) is 51.5 Å². The number of hydrogen-bond donors (Lipinski definition) is 1. The first kappa shape index (κ1) is 17.6. The van der Waals surface area contributed by atoms with Crippen LogP contribution in [-0.2, 0) is 11.2 Å². The maximum atomic E-state index is 12.3. The van der Waals surface area contributed by atoms with Gasteiger partial charge in [0.2, 0.25) is 5.91 Å². The third-order valence-corrected chi connectivity index (χ3v) is 4.68. The summed E-state index contributed by atoms with van der Waals surface area (Å²) >= 11 is 0. The third-order valence-electron chi connectivity index (χ3n) is 4.68. The summed E-state index contributed by atoms with van der Waals surface area (Å²) in [5.41, 5.74) is 9.37. The summed E-state index contributed by atoms with van der Waals surface area (Å²) in [6.45, 7) is 8.09. The number of amides is 1. The quantitative estimate of drug-likeness (QED) is 0.747. The molecule has 1 aliphatic heterocycles. The molecule has 1 aliphatic rings. The fourth-order valence-corrected chi connectivity index (χ4v) is 3.22. The van der Waals surface area contributed by atoms with Gasteiger partial charge in [0.15, 0.2) is 0 Å². The first-order valence-electron chi connectivity index (χ1n) is 9.06. The Morgan fingerprint density at radius 3 is 2.61 bits per heavy atom. The van der Waals surface area contributed by atoms with E-state index in [0.29, 0.717) is 6.42 Å². The standard InChI is InChI=1S/C19H31N3O/c1-3-5-12-21(4-2)19(23)11-9-16-8-10-18(17(20)15-16)22-13-6-7-14-22/h8,10,15H,3-7,9,11-14,20H2,1-2H3. The number of carbonyl (C=O) groups excluding carboxylic acids is 1. The molecule has 23 heavy (non-hydrogen) atoms. The highest BCUT2D eigenvalue weighted by Gasteiger charge is 2.15. The van der Waals surface area contributed by atoms with Crippen LogP contribution in [0, 0.1) is 0 Å². The van der Waals surface area contributed by atoms with E-state index < -0.39 is 0 Å². The lowest BCUT2D eigenvalue weighted by Crippen LogP contribution is -2.31. The van der Waals surface area contributed by atoms with Crippen molar-refractivity contribution in [2.45, 2.75) is 52.4 Å².